The molecule has 2 rings (SSSR count). The molecule has 1 radical (unpaired) electrons. The SMILES string of the molecule is CCNC(=O)c1ccccc1O.COc1ccc(C=[N-])c(O)c1.[Mn]. The maximum Gasteiger partial charge on any atom is 0.255 e. The van der Waals surface area contributed by atoms with Gasteiger partial charge in [0.2, 0.25) is 0 Å². The minimum atomic E-state index is -0.240. The van der Waals surface area contributed by atoms with Crippen molar-refractivity contribution in [2.24, 2.45) is 0 Å². The van der Waals surface area contributed by atoms with E-state index in [4.69, 9.17) is 15.3 Å². The molecule has 0 heterocycles. The Morgan fingerprint density at radius 1 is 1.21 bits per heavy atom. The van der Waals surface area contributed by atoms with Gasteiger partial charge in [-0.3, -0.25) is 4.79 Å². The predicted octanol–water partition coefficient (Wildman–Crippen LogP) is 2.53. The first-order valence-corrected chi connectivity index (χ1v) is 6.94. The Morgan fingerprint density at radius 2 is 1.88 bits per heavy atom. The summed E-state index contributed by atoms with van der Waals surface area (Å²) in [5.74, 6) is 0.346. The van der Waals surface area contributed by atoms with E-state index >= 15 is 0 Å². The fourth-order valence-electron chi connectivity index (χ4n) is 1.68. The van der Waals surface area contributed by atoms with Crippen molar-refractivity contribution >= 4 is 12.1 Å². The minimum Gasteiger partial charge on any atom is -0.810 e. The van der Waals surface area contributed by atoms with Gasteiger partial charge in [0.05, 0.1) is 12.7 Å². The molecule has 0 bridgehead atoms. The van der Waals surface area contributed by atoms with E-state index in [1.54, 1.807) is 30.3 Å². The third kappa shape index (κ3) is 6.32. The topological polar surface area (TPSA) is 101 Å². The van der Waals surface area contributed by atoms with Gasteiger partial charge >= 0.3 is 0 Å². The first-order valence-electron chi connectivity index (χ1n) is 6.94. The van der Waals surface area contributed by atoms with Crippen molar-refractivity contribution < 1.29 is 36.8 Å². The van der Waals surface area contributed by atoms with Crippen molar-refractivity contribution in [3.8, 4) is 17.2 Å². The number of phenolic OH excluding ortho intramolecular Hbond substituents is 2. The van der Waals surface area contributed by atoms with E-state index in [2.05, 4.69) is 5.32 Å². The summed E-state index contributed by atoms with van der Waals surface area (Å²) in [6.45, 7) is 2.39. The molecule has 0 aliphatic rings. The van der Waals surface area contributed by atoms with Crippen LogP contribution in [-0.4, -0.2) is 36.0 Å². The average molecular weight is 370 g/mol. The van der Waals surface area contributed by atoms with E-state index < -0.39 is 0 Å². The Hall–Kier alpha value is -2.50. The molecule has 24 heavy (non-hydrogen) atoms. The van der Waals surface area contributed by atoms with Crippen LogP contribution in [0.5, 0.6) is 17.2 Å². The summed E-state index contributed by atoms with van der Waals surface area (Å²) < 4.78 is 4.84. The summed E-state index contributed by atoms with van der Waals surface area (Å²) in [7, 11) is 1.51. The average Bonchev–Trinajstić information content (AvgIpc) is 2.56. The van der Waals surface area contributed by atoms with Crippen molar-refractivity contribution in [1.29, 1.82) is 0 Å². The molecule has 0 aromatic heterocycles. The second-order valence-electron chi connectivity index (χ2n) is 4.43. The minimum absolute atomic E-state index is 0. The van der Waals surface area contributed by atoms with Gasteiger partial charge in [0, 0.05) is 29.7 Å². The standard InChI is InChI=1S/C9H11NO2.C8H8NO2.Mn/c1-2-10-9(12)7-5-3-4-6-8(7)11;1-11-7-3-2-6(5-9)8(10)4-7;/h3-6,11H,2H2,1H3,(H,10,12);2-5,10H,1H3;/q;-1;. The number of carbonyl (C=O) groups excluding carboxylic acids is 1. The fraction of sp³-hybridized carbons (Fsp3) is 0.176. The van der Waals surface area contributed by atoms with E-state index in [1.165, 1.54) is 19.2 Å². The molecule has 129 valence electrons. The molecule has 0 aliphatic carbocycles. The van der Waals surface area contributed by atoms with Gasteiger partial charge in [0.15, 0.2) is 0 Å². The van der Waals surface area contributed by atoms with Gasteiger partial charge in [0.1, 0.15) is 17.2 Å². The first-order chi connectivity index (χ1) is 11.0. The summed E-state index contributed by atoms with van der Waals surface area (Å²) in [6, 6.07) is 11.1. The van der Waals surface area contributed by atoms with Crippen LogP contribution in [0.3, 0.4) is 0 Å². The van der Waals surface area contributed by atoms with Crippen molar-refractivity contribution in [2.45, 2.75) is 6.92 Å². The van der Waals surface area contributed by atoms with Gasteiger partial charge < -0.3 is 25.7 Å². The van der Waals surface area contributed by atoms with E-state index in [0.29, 0.717) is 23.4 Å². The molecule has 0 spiro atoms. The molecule has 2 aromatic rings. The van der Waals surface area contributed by atoms with Gasteiger partial charge in [0.25, 0.3) is 5.91 Å². The zero-order valence-electron chi connectivity index (χ0n) is 13.4. The summed E-state index contributed by atoms with van der Waals surface area (Å²) in [4.78, 5) is 11.2. The molecular formula is C17H19MnN2O4-. The van der Waals surface area contributed by atoms with Crippen molar-refractivity contribution in [3.63, 3.8) is 0 Å². The Kier molecular flexibility index (Phi) is 9.94. The molecular weight excluding hydrogens is 351 g/mol. The molecule has 7 heteroatoms. The molecule has 0 saturated heterocycles. The molecule has 3 N–H and O–H groups in total. The van der Waals surface area contributed by atoms with Crippen molar-refractivity contribution in [2.75, 3.05) is 13.7 Å². The first kappa shape index (κ1) is 21.5. The van der Waals surface area contributed by atoms with E-state index in [-0.39, 0.29) is 34.5 Å². The number of carbonyl (C=O) groups is 1. The second-order valence-corrected chi connectivity index (χ2v) is 4.43. The number of methoxy groups -OCH3 is 1. The van der Waals surface area contributed by atoms with Crippen LogP contribution >= 0.6 is 0 Å². The van der Waals surface area contributed by atoms with Crippen LogP contribution in [0.4, 0.5) is 0 Å². The number of rotatable bonds is 4. The van der Waals surface area contributed by atoms with Gasteiger partial charge in [-0.2, -0.15) is 6.21 Å². The van der Waals surface area contributed by atoms with Gasteiger partial charge in [-0.1, -0.05) is 12.1 Å². The van der Waals surface area contributed by atoms with Gasteiger partial charge in [-0.25, -0.2) is 0 Å². The van der Waals surface area contributed by atoms with Crippen LogP contribution in [0.15, 0.2) is 42.5 Å². The van der Waals surface area contributed by atoms with Crippen LogP contribution in [0.1, 0.15) is 22.8 Å². The number of nitrogens with one attached hydrogen (secondary N) is 1. The van der Waals surface area contributed by atoms with Crippen molar-refractivity contribution in [1.82, 2.24) is 5.32 Å². The molecule has 0 fully saturated rings. The number of ether oxygens (including phenoxy) is 1. The summed E-state index contributed by atoms with van der Waals surface area (Å²) in [5, 5.41) is 29.6. The van der Waals surface area contributed by atoms with Crippen LogP contribution in [0, 0.1) is 0 Å². The number of aromatic hydroxyl groups is 2. The van der Waals surface area contributed by atoms with Crippen molar-refractivity contribution in [3.05, 3.63) is 59.0 Å². The fourth-order valence-corrected chi connectivity index (χ4v) is 1.68. The monoisotopic (exact) mass is 370 g/mol. The van der Waals surface area contributed by atoms with Crippen LogP contribution in [0.25, 0.3) is 5.41 Å². The van der Waals surface area contributed by atoms with E-state index in [0.717, 1.165) is 6.21 Å². The zero-order valence-corrected chi connectivity index (χ0v) is 14.5. The number of hydrogen-bond acceptors (Lipinski definition) is 4. The third-order valence-electron chi connectivity index (χ3n) is 2.86. The molecule has 1 amide bonds. The Labute approximate surface area is 151 Å². The zero-order chi connectivity index (χ0) is 17.2. The summed E-state index contributed by atoms with van der Waals surface area (Å²) in [6.07, 6.45) is 0.842. The normalized spacial score (nSPS) is 8.92. The quantitative estimate of drug-likeness (QED) is 0.569. The number of nitrogens with zero attached hydrogens (tertiary/aromatic N) is 1. The number of benzene rings is 2. The van der Waals surface area contributed by atoms with Crippen LogP contribution in [0.2, 0.25) is 0 Å². The molecule has 6 nitrogen and oxygen atoms in total. The third-order valence-corrected chi connectivity index (χ3v) is 2.86. The smallest absolute Gasteiger partial charge is 0.255 e. The maximum atomic E-state index is 11.2. The van der Waals surface area contributed by atoms with Crippen LogP contribution in [-0.2, 0) is 17.1 Å². The van der Waals surface area contributed by atoms with E-state index in [9.17, 15) is 9.90 Å². The molecule has 2 aromatic carbocycles. The number of para-hydroxylation sites is 1. The largest absolute Gasteiger partial charge is 0.810 e. The molecule has 0 aliphatic heterocycles. The van der Waals surface area contributed by atoms with Crippen LogP contribution < -0.4 is 10.1 Å². The predicted molar refractivity (Wildman–Crippen MR) is 89.3 cm³/mol. The molecule has 0 saturated carbocycles. The Bertz CT molecular complexity index is 677. The number of hydrogen-bond donors (Lipinski definition) is 3. The maximum absolute atomic E-state index is 11.2. The van der Waals surface area contributed by atoms with E-state index in [1.807, 2.05) is 6.92 Å². The number of amides is 1. The summed E-state index contributed by atoms with van der Waals surface area (Å²) >= 11 is 0. The van der Waals surface area contributed by atoms with Gasteiger partial charge in [-0.05, 0) is 36.8 Å². The Morgan fingerprint density at radius 3 is 2.38 bits per heavy atom. The molecule has 0 atom stereocenters. The Balaban J connectivity index is 0.000000425. The second kappa shape index (κ2) is 11.1. The van der Waals surface area contributed by atoms with Gasteiger partial charge in [-0.15, -0.1) is 0 Å². The molecule has 0 unspecified atom stereocenters. The summed E-state index contributed by atoms with van der Waals surface area (Å²) in [5.41, 5.74) is 0.699. The number of phenols is 2.